The molecule has 3 heterocycles. The minimum absolute atomic E-state index is 0.129. The highest BCUT2D eigenvalue weighted by Gasteiger charge is 2.47. The van der Waals surface area contributed by atoms with Crippen LogP contribution in [0, 0.1) is 0 Å². The maximum Gasteiger partial charge on any atom is 0.360 e. The highest BCUT2D eigenvalue weighted by atomic mass is 32.2. The molecule has 0 N–H and O–H groups in total. The molecule has 1 unspecified atom stereocenters. The second kappa shape index (κ2) is 6.42. The Hall–Kier alpha value is -3.26. The Labute approximate surface area is 164 Å². The molecule has 7 nitrogen and oxygen atoms in total. The Balaban J connectivity index is 1.43. The average Bonchev–Trinajstić information content (AvgIpc) is 3.02. The zero-order valence-electron chi connectivity index (χ0n) is 14.5. The smallest absolute Gasteiger partial charge is 0.360 e. The number of para-hydroxylation sites is 1. The fourth-order valence-electron chi connectivity index (χ4n) is 3.31. The average molecular weight is 394 g/mol. The lowest BCUT2D eigenvalue weighted by atomic mass is 10.1. The second-order valence-electron chi connectivity index (χ2n) is 6.43. The van der Waals surface area contributed by atoms with Gasteiger partial charge in [-0.3, -0.25) is 14.0 Å². The summed E-state index contributed by atoms with van der Waals surface area (Å²) >= 11 is 1.46. The predicted octanol–water partition coefficient (Wildman–Crippen LogP) is 2.97. The van der Waals surface area contributed by atoms with Crippen molar-refractivity contribution >= 4 is 35.5 Å². The van der Waals surface area contributed by atoms with Crippen molar-refractivity contribution in [2.75, 3.05) is 4.31 Å². The summed E-state index contributed by atoms with van der Waals surface area (Å²) in [7, 11) is 0. The van der Waals surface area contributed by atoms with Gasteiger partial charge in [-0.05, 0) is 30.1 Å². The Morgan fingerprint density at radius 2 is 1.82 bits per heavy atom. The van der Waals surface area contributed by atoms with Crippen LogP contribution in [-0.2, 0) is 19.1 Å². The lowest BCUT2D eigenvalue weighted by Gasteiger charge is -2.45. The standard InChI is InChI=1S/C20H14N2O5S/c23-16-10-17-22(16)15(11-21(28-17)12-6-2-1-3-7-12)19(25)27-20-14-9-5-4-8-13(14)18(24)26-20/h1-9,11,17,20H,10H2/t17-,20?/m0/s1. The van der Waals surface area contributed by atoms with Crippen LogP contribution in [0.3, 0.4) is 0 Å². The van der Waals surface area contributed by atoms with E-state index in [2.05, 4.69) is 0 Å². The van der Waals surface area contributed by atoms with E-state index in [1.165, 1.54) is 16.8 Å². The van der Waals surface area contributed by atoms with Gasteiger partial charge in [-0.1, -0.05) is 36.4 Å². The molecule has 0 aromatic heterocycles. The van der Waals surface area contributed by atoms with E-state index in [0.29, 0.717) is 17.5 Å². The van der Waals surface area contributed by atoms with Gasteiger partial charge in [0.05, 0.1) is 17.7 Å². The first kappa shape index (κ1) is 16.9. The van der Waals surface area contributed by atoms with E-state index in [1.807, 2.05) is 34.6 Å². The number of nitrogens with zero attached hydrogens (tertiary/aromatic N) is 2. The predicted molar refractivity (Wildman–Crippen MR) is 101 cm³/mol. The highest BCUT2D eigenvalue weighted by Crippen LogP contribution is 2.43. The van der Waals surface area contributed by atoms with Gasteiger partial charge in [-0.25, -0.2) is 9.59 Å². The molecular weight excluding hydrogens is 380 g/mol. The largest absolute Gasteiger partial charge is 0.417 e. The molecule has 1 saturated heterocycles. The van der Waals surface area contributed by atoms with Crippen LogP contribution in [-0.4, -0.2) is 28.1 Å². The summed E-state index contributed by atoms with van der Waals surface area (Å²) in [6.45, 7) is 0. The fourth-order valence-corrected chi connectivity index (χ4v) is 4.52. The Bertz CT molecular complexity index is 1020. The molecule has 0 spiro atoms. The molecule has 0 bridgehead atoms. The molecule has 3 aliphatic rings. The number of fused-ring (bicyclic) bond motifs is 2. The molecule has 1 amide bonds. The SMILES string of the molecule is O=C(OC1OC(=O)c2ccccc21)C1=CN(c2ccccc2)S[C@H]2CC(=O)N12. The molecule has 1 fully saturated rings. The number of anilines is 1. The van der Waals surface area contributed by atoms with Crippen LogP contribution in [0.2, 0.25) is 0 Å². The van der Waals surface area contributed by atoms with Gasteiger partial charge in [0.2, 0.25) is 5.91 Å². The zero-order chi connectivity index (χ0) is 19.3. The number of hydrogen-bond donors (Lipinski definition) is 0. The number of benzene rings is 2. The van der Waals surface area contributed by atoms with E-state index < -0.39 is 18.2 Å². The van der Waals surface area contributed by atoms with Crippen molar-refractivity contribution in [3.63, 3.8) is 0 Å². The van der Waals surface area contributed by atoms with Gasteiger partial charge in [-0.15, -0.1) is 0 Å². The van der Waals surface area contributed by atoms with Crippen LogP contribution < -0.4 is 4.31 Å². The minimum Gasteiger partial charge on any atom is -0.417 e. The number of ether oxygens (including phenoxy) is 2. The topological polar surface area (TPSA) is 76.1 Å². The molecule has 0 radical (unpaired) electrons. The molecule has 28 heavy (non-hydrogen) atoms. The summed E-state index contributed by atoms with van der Waals surface area (Å²) in [5.41, 5.74) is 1.88. The maximum atomic E-state index is 12.9. The molecule has 8 heteroatoms. The van der Waals surface area contributed by atoms with Crippen molar-refractivity contribution < 1.29 is 23.9 Å². The van der Waals surface area contributed by atoms with Gasteiger partial charge < -0.3 is 9.47 Å². The number of rotatable bonds is 3. The molecule has 140 valence electrons. The van der Waals surface area contributed by atoms with Crippen molar-refractivity contribution in [2.45, 2.75) is 18.1 Å². The second-order valence-corrected chi connectivity index (χ2v) is 7.58. The molecular formula is C20H14N2O5S. The highest BCUT2D eigenvalue weighted by molar-refractivity contribution is 8.01. The molecule has 2 atom stereocenters. The molecule has 2 aromatic carbocycles. The third-order valence-corrected chi connectivity index (χ3v) is 5.89. The summed E-state index contributed by atoms with van der Waals surface area (Å²) in [5, 5.41) is -0.168. The van der Waals surface area contributed by atoms with E-state index >= 15 is 0 Å². The quantitative estimate of drug-likeness (QED) is 0.450. The van der Waals surface area contributed by atoms with Crippen molar-refractivity contribution in [1.29, 1.82) is 0 Å². The minimum atomic E-state index is -1.12. The summed E-state index contributed by atoms with van der Waals surface area (Å²) in [5.74, 6) is -1.39. The van der Waals surface area contributed by atoms with Gasteiger partial charge >= 0.3 is 11.9 Å². The Morgan fingerprint density at radius 1 is 1.07 bits per heavy atom. The third-order valence-electron chi connectivity index (χ3n) is 4.72. The summed E-state index contributed by atoms with van der Waals surface area (Å²) in [6, 6.07) is 16.3. The number of β-lactam (4-membered cyclic amide) rings is 1. The molecule has 0 saturated carbocycles. The van der Waals surface area contributed by atoms with Crippen molar-refractivity contribution in [1.82, 2.24) is 4.90 Å². The van der Waals surface area contributed by atoms with E-state index in [4.69, 9.17) is 9.47 Å². The first-order chi connectivity index (χ1) is 13.6. The monoisotopic (exact) mass is 394 g/mol. The van der Waals surface area contributed by atoms with E-state index in [9.17, 15) is 14.4 Å². The van der Waals surface area contributed by atoms with Crippen LogP contribution in [0.1, 0.15) is 28.6 Å². The zero-order valence-corrected chi connectivity index (χ0v) is 15.3. The van der Waals surface area contributed by atoms with Crippen LogP contribution in [0.5, 0.6) is 0 Å². The van der Waals surface area contributed by atoms with Crippen LogP contribution in [0.15, 0.2) is 66.5 Å². The Morgan fingerprint density at radius 3 is 2.61 bits per heavy atom. The van der Waals surface area contributed by atoms with Crippen LogP contribution >= 0.6 is 11.9 Å². The lowest BCUT2D eigenvalue weighted by molar-refractivity contribution is -0.167. The third kappa shape index (κ3) is 2.65. The maximum absolute atomic E-state index is 12.9. The number of cyclic esters (lactones) is 1. The van der Waals surface area contributed by atoms with Gasteiger partial charge in [0.25, 0.3) is 6.29 Å². The van der Waals surface area contributed by atoms with E-state index in [0.717, 1.165) is 5.69 Å². The van der Waals surface area contributed by atoms with E-state index in [-0.39, 0.29) is 17.0 Å². The summed E-state index contributed by atoms with van der Waals surface area (Å²) < 4.78 is 12.5. The van der Waals surface area contributed by atoms with Crippen LogP contribution in [0.4, 0.5) is 5.69 Å². The first-order valence-corrected chi connectivity index (χ1v) is 9.51. The van der Waals surface area contributed by atoms with Gasteiger partial charge in [-0.2, -0.15) is 0 Å². The first-order valence-electron chi connectivity index (χ1n) is 8.67. The number of esters is 2. The molecule has 3 aliphatic heterocycles. The number of carbonyl (C=O) groups is 3. The lowest BCUT2D eigenvalue weighted by Crippen LogP contribution is -2.55. The van der Waals surface area contributed by atoms with Gasteiger partial charge in [0.1, 0.15) is 11.1 Å². The number of amides is 1. The summed E-state index contributed by atoms with van der Waals surface area (Å²) in [4.78, 5) is 38.3. The van der Waals surface area contributed by atoms with E-state index in [1.54, 1.807) is 30.5 Å². The summed E-state index contributed by atoms with van der Waals surface area (Å²) in [6.07, 6.45) is 0.810. The Kier molecular flexibility index (Phi) is 3.87. The van der Waals surface area contributed by atoms with Crippen molar-refractivity contribution in [3.8, 4) is 0 Å². The van der Waals surface area contributed by atoms with Gasteiger partial charge in [0.15, 0.2) is 0 Å². The molecule has 2 aromatic rings. The molecule has 5 rings (SSSR count). The molecule has 0 aliphatic carbocycles. The van der Waals surface area contributed by atoms with Crippen molar-refractivity contribution in [2.24, 2.45) is 0 Å². The van der Waals surface area contributed by atoms with Gasteiger partial charge in [0, 0.05) is 11.8 Å². The van der Waals surface area contributed by atoms with Crippen molar-refractivity contribution in [3.05, 3.63) is 77.6 Å². The van der Waals surface area contributed by atoms with Crippen LogP contribution in [0.25, 0.3) is 0 Å². The fraction of sp³-hybridized carbons (Fsp3) is 0.150. The number of hydrogen-bond acceptors (Lipinski definition) is 7. The number of carbonyl (C=O) groups excluding carboxylic acids is 3. The normalized spacial score (nSPS) is 22.6.